The second kappa shape index (κ2) is 7.10. The second-order valence-corrected chi connectivity index (χ2v) is 6.32. The van der Waals surface area contributed by atoms with Gasteiger partial charge in [-0.05, 0) is 31.2 Å². The van der Waals surface area contributed by atoms with Crippen molar-refractivity contribution in [2.24, 2.45) is 0 Å². The van der Waals surface area contributed by atoms with Crippen LogP contribution in [0, 0.1) is 12.7 Å². The minimum atomic E-state index is -0.512. The Labute approximate surface area is 155 Å². The van der Waals surface area contributed by atoms with Crippen molar-refractivity contribution >= 4 is 11.7 Å². The molecule has 1 fully saturated rings. The molecule has 8 nitrogen and oxygen atoms in total. The zero-order chi connectivity index (χ0) is 18.8. The number of carbonyl (C=O) groups excluding carboxylic acids is 1. The van der Waals surface area contributed by atoms with Gasteiger partial charge in [-0.3, -0.25) is 9.78 Å². The van der Waals surface area contributed by atoms with E-state index in [1.807, 2.05) is 31.3 Å². The summed E-state index contributed by atoms with van der Waals surface area (Å²) < 4.78 is 14.9. The summed E-state index contributed by atoms with van der Waals surface area (Å²) in [7, 11) is 0. The quantitative estimate of drug-likeness (QED) is 0.697. The van der Waals surface area contributed by atoms with Crippen LogP contribution in [-0.4, -0.2) is 61.9 Å². The van der Waals surface area contributed by atoms with E-state index in [-0.39, 0.29) is 11.5 Å². The lowest BCUT2D eigenvalue weighted by molar-refractivity contribution is 0.0745. The van der Waals surface area contributed by atoms with Gasteiger partial charge in [-0.25, -0.2) is 9.07 Å². The van der Waals surface area contributed by atoms with E-state index >= 15 is 0 Å². The summed E-state index contributed by atoms with van der Waals surface area (Å²) in [5, 5.41) is 12.8. The topological polar surface area (TPSA) is 80.0 Å². The number of carbonyl (C=O) groups is 1. The van der Waals surface area contributed by atoms with E-state index in [1.54, 1.807) is 9.58 Å². The zero-order valence-corrected chi connectivity index (χ0v) is 14.8. The Morgan fingerprint density at radius 2 is 1.78 bits per heavy atom. The second-order valence-electron chi connectivity index (χ2n) is 6.32. The van der Waals surface area contributed by atoms with Crippen LogP contribution in [0.4, 0.5) is 10.2 Å². The summed E-state index contributed by atoms with van der Waals surface area (Å²) in [6.07, 6.45) is 4.31. The molecule has 0 bridgehead atoms. The molecular weight excluding hydrogens is 349 g/mol. The van der Waals surface area contributed by atoms with E-state index in [4.69, 9.17) is 0 Å². The van der Waals surface area contributed by atoms with Gasteiger partial charge in [0.15, 0.2) is 11.6 Å². The smallest absolute Gasteiger partial charge is 0.255 e. The van der Waals surface area contributed by atoms with Gasteiger partial charge in [0.05, 0.1) is 17.5 Å². The van der Waals surface area contributed by atoms with Crippen LogP contribution in [0.25, 0.3) is 5.82 Å². The van der Waals surface area contributed by atoms with Crippen LogP contribution in [0.1, 0.15) is 16.1 Å². The van der Waals surface area contributed by atoms with Gasteiger partial charge in [0.2, 0.25) is 0 Å². The molecule has 4 heterocycles. The highest BCUT2D eigenvalue weighted by atomic mass is 19.1. The molecule has 3 aromatic rings. The number of aryl methyl sites for hydroxylation is 1. The summed E-state index contributed by atoms with van der Waals surface area (Å²) in [5.74, 6) is 0.681. The molecule has 0 unspecified atom stereocenters. The molecule has 1 saturated heterocycles. The molecule has 1 aliphatic rings. The Hall–Kier alpha value is -3.36. The molecule has 3 aromatic heterocycles. The number of hydrogen-bond acceptors (Lipinski definition) is 6. The maximum absolute atomic E-state index is 13.3. The maximum atomic E-state index is 13.3. The van der Waals surface area contributed by atoms with Crippen molar-refractivity contribution in [1.29, 1.82) is 0 Å². The summed E-state index contributed by atoms with van der Waals surface area (Å²) >= 11 is 0. The molecule has 0 aliphatic carbocycles. The highest BCUT2D eigenvalue weighted by Crippen LogP contribution is 2.16. The molecule has 0 radical (unpaired) electrons. The molecule has 138 valence electrons. The Morgan fingerprint density at radius 3 is 2.41 bits per heavy atom. The molecule has 27 heavy (non-hydrogen) atoms. The largest absolute Gasteiger partial charge is 0.352 e. The van der Waals surface area contributed by atoms with Gasteiger partial charge in [-0.1, -0.05) is 0 Å². The monoisotopic (exact) mass is 367 g/mol. The third-order valence-electron chi connectivity index (χ3n) is 4.44. The number of pyridine rings is 1. The highest BCUT2D eigenvalue weighted by molar-refractivity contribution is 5.94. The number of hydrogen-bond donors (Lipinski definition) is 0. The van der Waals surface area contributed by atoms with E-state index in [0.717, 1.165) is 17.7 Å². The molecule has 1 amide bonds. The fourth-order valence-electron chi connectivity index (χ4n) is 3.00. The molecule has 0 saturated carbocycles. The van der Waals surface area contributed by atoms with Gasteiger partial charge in [0.1, 0.15) is 5.82 Å². The van der Waals surface area contributed by atoms with Gasteiger partial charge in [0, 0.05) is 38.6 Å². The number of aromatic nitrogens is 5. The van der Waals surface area contributed by atoms with Gasteiger partial charge in [-0.15, -0.1) is 10.2 Å². The number of amides is 1. The molecule has 9 heteroatoms. The van der Waals surface area contributed by atoms with Gasteiger partial charge >= 0.3 is 0 Å². The normalized spacial score (nSPS) is 14.4. The fraction of sp³-hybridized carbons (Fsp3) is 0.278. The van der Waals surface area contributed by atoms with Gasteiger partial charge < -0.3 is 9.80 Å². The van der Waals surface area contributed by atoms with Crippen LogP contribution >= 0.6 is 0 Å². The third-order valence-corrected chi connectivity index (χ3v) is 4.44. The first-order chi connectivity index (χ1) is 13.1. The zero-order valence-electron chi connectivity index (χ0n) is 14.8. The summed E-state index contributed by atoms with van der Waals surface area (Å²) in [5.41, 5.74) is 1.18. The first-order valence-corrected chi connectivity index (χ1v) is 8.61. The van der Waals surface area contributed by atoms with E-state index in [0.29, 0.717) is 32.0 Å². The first-order valence-electron chi connectivity index (χ1n) is 8.61. The highest BCUT2D eigenvalue weighted by Gasteiger charge is 2.23. The fourth-order valence-corrected chi connectivity index (χ4v) is 3.00. The summed E-state index contributed by atoms with van der Waals surface area (Å²) in [6, 6.07) is 6.88. The standard InChI is InChI=1S/C18H18FN7O/c1-13-4-5-26(23-13)17-3-2-16(21-22-17)24-6-8-25(9-7-24)18(27)14-10-15(19)12-20-11-14/h2-5,10-12H,6-9H2,1H3. The minimum Gasteiger partial charge on any atom is -0.352 e. The van der Waals surface area contributed by atoms with E-state index in [1.165, 1.54) is 12.3 Å². The number of rotatable bonds is 3. The van der Waals surface area contributed by atoms with Crippen LogP contribution < -0.4 is 4.90 Å². The van der Waals surface area contributed by atoms with Crippen molar-refractivity contribution in [2.45, 2.75) is 6.92 Å². The SMILES string of the molecule is Cc1ccn(-c2ccc(N3CCN(C(=O)c4cncc(F)c4)CC3)nn2)n1. The van der Waals surface area contributed by atoms with Crippen LogP contribution in [0.5, 0.6) is 0 Å². The molecular formula is C18H18FN7O. The molecule has 4 rings (SSSR count). The Morgan fingerprint density at radius 1 is 1.04 bits per heavy atom. The van der Waals surface area contributed by atoms with Crippen molar-refractivity contribution in [3.8, 4) is 5.82 Å². The van der Waals surface area contributed by atoms with E-state index in [2.05, 4.69) is 25.2 Å². The van der Waals surface area contributed by atoms with Crippen LogP contribution in [0.3, 0.4) is 0 Å². The van der Waals surface area contributed by atoms with Crippen molar-refractivity contribution in [3.05, 3.63) is 59.9 Å². The minimum absolute atomic E-state index is 0.211. The molecule has 1 aliphatic heterocycles. The van der Waals surface area contributed by atoms with Crippen molar-refractivity contribution in [1.82, 2.24) is 29.9 Å². The van der Waals surface area contributed by atoms with Gasteiger partial charge in [0.25, 0.3) is 5.91 Å². The lowest BCUT2D eigenvalue weighted by Gasteiger charge is -2.35. The van der Waals surface area contributed by atoms with Gasteiger partial charge in [-0.2, -0.15) is 5.10 Å². The average molecular weight is 367 g/mol. The number of anilines is 1. The molecule has 0 aromatic carbocycles. The predicted molar refractivity (Wildman–Crippen MR) is 96.2 cm³/mol. The first kappa shape index (κ1) is 17.1. The molecule has 0 atom stereocenters. The molecule has 0 spiro atoms. The number of halogens is 1. The predicted octanol–water partition coefficient (Wildman–Crippen LogP) is 1.47. The Balaban J connectivity index is 1.39. The van der Waals surface area contributed by atoms with Crippen LogP contribution in [0.15, 0.2) is 42.9 Å². The summed E-state index contributed by atoms with van der Waals surface area (Å²) in [6.45, 7) is 4.22. The Bertz CT molecular complexity index is 948. The summed E-state index contributed by atoms with van der Waals surface area (Å²) in [4.78, 5) is 20.0. The van der Waals surface area contributed by atoms with Crippen molar-refractivity contribution < 1.29 is 9.18 Å². The van der Waals surface area contributed by atoms with Crippen molar-refractivity contribution in [2.75, 3.05) is 31.1 Å². The Kier molecular flexibility index (Phi) is 4.49. The van der Waals surface area contributed by atoms with E-state index in [9.17, 15) is 9.18 Å². The lowest BCUT2D eigenvalue weighted by Crippen LogP contribution is -2.49. The van der Waals surface area contributed by atoms with Crippen LogP contribution in [-0.2, 0) is 0 Å². The lowest BCUT2D eigenvalue weighted by atomic mass is 10.2. The average Bonchev–Trinajstić information content (AvgIpc) is 3.14. The number of nitrogens with zero attached hydrogens (tertiary/aromatic N) is 7. The number of piperazine rings is 1. The van der Waals surface area contributed by atoms with Crippen molar-refractivity contribution in [3.63, 3.8) is 0 Å². The third kappa shape index (κ3) is 3.62. The van der Waals surface area contributed by atoms with Crippen LogP contribution in [0.2, 0.25) is 0 Å². The maximum Gasteiger partial charge on any atom is 0.255 e. The molecule has 0 N–H and O–H groups in total. The van der Waals surface area contributed by atoms with E-state index < -0.39 is 5.82 Å².